The molecule has 0 aromatic heterocycles. The van der Waals surface area contributed by atoms with E-state index in [2.05, 4.69) is 42.5 Å². The number of nitrogens with two attached hydrogens (primary N) is 1. The SMILES string of the molecule is NC(=O)C1CCc2cc(CCc3cccc(C4CCCCCCC4)c3)ccc2C1. The molecule has 0 radical (unpaired) electrons. The number of benzene rings is 2. The molecule has 2 aromatic carbocycles. The highest BCUT2D eigenvalue weighted by Gasteiger charge is 2.22. The summed E-state index contributed by atoms with van der Waals surface area (Å²) in [5, 5.41) is 0. The average Bonchev–Trinajstić information content (AvgIpc) is 2.71. The summed E-state index contributed by atoms with van der Waals surface area (Å²) >= 11 is 0. The first kappa shape index (κ1) is 20.2. The highest BCUT2D eigenvalue weighted by Crippen LogP contribution is 2.31. The van der Waals surface area contributed by atoms with Crippen molar-refractivity contribution in [1.82, 2.24) is 0 Å². The van der Waals surface area contributed by atoms with E-state index in [9.17, 15) is 4.79 Å². The average molecular weight is 390 g/mol. The van der Waals surface area contributed by atoms with E-state index in [4.69, 9.17) is 5.73 Å². The zero-order valence-corrected chi connectivity index (χ0v) is 17.7. The third-order valence-electron chi connectivity index (χ3n) is 7.13. The summed E-state index contributed by atoms with van der Waals surface area (Å²) in [5.41, 5.74) is 12.7. The molecule has 1 amide bonds. The van der Waals surface area contributed by atoms with E-state index in [0.717, 1.165) is 38.0 Å². The Kier molecular flexibility index (Phi) is 6.69. The third kappa shape index (κ3) is 5.29. The molecule has 2 N–H and O–H groups in total. The first-order valence-corrected chi connectivity index (χ1v) is 11.7. The molecule has 1 saturated carbocycles. The second-order valence-corrected chi connectivity index (χ2v) is 9.23. The molecule has 1 fully saturated rings. The van der Waals surface area contributed by atoms with Gasteiger partial charge in [0.1, 0.15) is 0 Å². The van der Waals surface area contributed by atoms with Crippen molar-refractivity contribution in [3.05, 3.63) is 70.3 Å². The summed E-state index contributed by atoms with van der Waals surface area (Å²) < 4.78 is 0. The van der Waals surface area contributed by atoms with Crippen LogP contribution in [0, 0.1) is 5.92 Å². The molecule has 2 aliphatic carbocycles. The van der Waals surface area contributed by atoms with Crippen LogP contribution in [0.5, 0.6) is 0 Å². The first-order chi connectivity index (χ1) is 14.2. The number of hydrogen-bond donors (Lipinski definition) is 1. The molecule has 29 heavy (non-hydrogen) atoms. The molecule has 0 bridgehead atoms. The van der Waals surface area contributed by atoms with Crippen molar-refractivity contribution in [1.29, 1.82) is 0 Å². The molecule has 0 heterocycles. The van der Waals surface area contributed by atoms with Crippen LogP contribution >= 0.6 is 0 Å². The van der Waals surface area contributed by atoms with Crippen molar-refractivity contribution in [2.75, 3.05) is 0 Å². The number of carbonyl (C=O) groups excluding carboxylic acids is 1. The predicted octanol–water partition coefficient (Wildman–Crippen LogP) is 5.89. The molecule has 2 aliphatic rings. The standard InChI is InChI=1S/C27H35NO/c28-27(29)26-16-15-24-18-21(13-14-25(24)19-26)12-11-20-7-6-10-23(17-20)22-8-4-2-1-3-5-9-22/h6-7,10,13-14,17-18,22,26H,1-5,8-9,11-12,15-16,19H2,(H2,28,29). The van der Waals surface area contributed by atoms with Crippen molar-refractivity contribution in [2.24, 2.45) is 11.7 Å². The van der Waals surface area contributed by atoms with Crippen molar-refractivity contribution in [3.8, 4) is 0 Å². The van der Waals surface area contributed by atoms with Gasteiger partial charge in [-0.1, -0.05) is 74.6 Å². The van der Waals surface area contributed by atoms with Crippen molar-refractivity contribution in [2.45, 2.75) is 83.0 Å². The van der Waals surface area contributed by atoms with Crippen molar-refractivity contribution in [3.63, 3.8) is 0 Å². The van der Waals surface area contributed by atoms with Gasteiger partial charge in [-0.15, -0.1) is 0 Å². The van der Waals surface area contributed by atoms with Gasteiger partial charge in [0.25, 0.3) is 0 Å². The van der Waals surface area contributed by atoms with Crippen LogP contribution in [0.3, 0.4) is 0 Å². The summed E-state index contributed by atoms with van der Waals surface area (Å²) in [4.78, 5) is 11.5. The lowest BCUT2D eigenvalue weighted by Gasteiger charge is -2.23. The maximum atomic E-state index is 11.5. The molecule has 2 aromatic rings. The Morgan fingerprint density at radius 1 is 0.828 bits per heavy atom. The second-order valence-electron chi connectivity index (χ2n) is 9.23. The summed E-state index contributed by atoms with van der Waals surface area (Å²) in [6.07, 6.45) is 14.6. The summed E-state index contributed by atoms with van der Waals surface area (Å²) in [6, 6.07) is 16.2. The molecule has 0 spiro atoms. The largest absolute Gasteiger partial charge is 0.369 e. The van der Waals surface area contributed by atoms with E-state index < -0.39 is 0 Å². The zero-order valence-electron chi connectivity index (χ0n) is 17.7. The number of primary amides is 1. The number of amides is 1. The monoisotopic (exact) mass is 389 g/mol. The van der Waals surface area contributed by atoms with Crippen molar-refractivity contribution >= 4 is 5.91 Å². The van der Waals surface area contributed by atoms with E-state index in [0.29, 0.717) is 0 Å². The first-order valence-electron chi connectivity index (χ1n) is 11.7. The zero-order chi connectivity index (χ0) is 20.1. The molecule has 0 saturated heterocycles. The summed E-state index contributed by atoms with van der Waals surface area (Å²) in [5.74, 6) is 0.630. The quantitative estimate of drug-likeness (QED) is 0.681. The fourth-order valence-corrected chi connectivity index (χ4v) is 5.29. The highest BCUT2D eigenvalue weighted by molar-refractivity contribution is 5.77. The van der Waals surface area contributed by atoms with Crippen LogP contribution in [-0.4, -0.2) is 5.91 Å². The topological polar surface area (TPSA) is 43.1 Å². The maximum Gasteiger partial charge on any atom is 0.220 e. The van der Waals surface area contributed by atoms with E-state index in [1.165, 1.54) is 67.2 Å². The molecule has 1 unspecified atom stereocenters. The molecule has 1 atom stereocenters. The van der Waals surface area contributed by atoms with Gasteiger partial charge >= 0.3 is 0 Å². The van der Waals surface area contributed by atoms with E-state index in [1.54, 1.807) is 5.56 Å². The van der Waals surface area contributed by atoms with Crippen molar-refractivity contribution < 1.29 is 4.79 Å². The fraction of sp³-hybridized carbons (Fsp3) is 0.519. The molecule has 2 nitrogen and oxygen atoms in total. The predicted molar refractivity (Wildman–Crippen MR) is 120 cm³/mol. The van der Waals surface area contributed by atoms with Crippen LogP contribution < -0.4 is 5.73 Å². The van der Waals surface area contributed by atoms with E-state index in [1.807, 2.05) is 0 Å². The lowest BCUT2D eigenvalue weighted by Crippen LogP contribution is -2.28. The number of carbonyl (C=O) groups is 1. The molecule has 154 valence electrons. The molecule has 2 heteroatoms. The minimum Gasteiger partial charge on any atom is -0.369 e. The number of fused-ring (bicyclic) bond motifs is 1. The lowest BCUT2D eigenvalue weighted by molar-refractivity contribution is -0.122. The van der Waals surface area contributed by atoms with E-state index >= 15 is 0 Å². The van der Waals surface area contributed by atoms with Gasteiger partial charge in [0.15, 0.2) is 0 Å². The van der Waals surface area contributed by atoms with Gasteiger partial charge in [-0.3, -0.25) is 4.79 Å². The number of rotatable bonds is 5. The van der Waals surface area contributed by atoms with Gasteiger partial charge in [0.2, 0.25) is 5.91 Å². The molecule has 0 aliphatic heterocycles. The Morgan fingerprint density at radius 2 is 1.55 bits per heavy atom. The molecule has 4 rings (SSSR count). The Bertz CT molecular complexity index is 832. The van der Waals surface area contributed by atoms with Gasteiger partial charge in [0, 0.05) is 5.92 Å². The Balaban J connectivity index is 1.39. The van der Waals surface area contributed by atoms with Crippen LogP contribution in [0.1, 0.15) is 85.1 Å². The van der Waals surface area contributed by atoms with Crippen LogP contribution in [0.15, 0.2) is 42.5 Å². The molecular weight excluding hydrogens is 354 g/mol. The summed E-state index contributed by atoms with van der Waals surface area (Å²) in [6.45, 7) is 0. The van der Waals surface area contributed by atoms with Gasteiger partial charge in [-0.25, -0.2) is 0 Å². The van der Waals surface area contributed by atoms with Crippen LogP contribution in [0.2, 0.25) is 0 Å². The minimum atomic E-state index is -0.149. The van der Waals surface area contributed by atoms with E-state index in [-0.39, 0.29) is 11.8 Å². The maximum absolute atomic E-state index is 11.5. The van der Waals surface area contributed by atoms with Crippen LogP contribution in [0.4, 0.5) is 0 Å². The smallest absolute Gasteiger partial charge is 0.220 e. The molecular formula is C27H35NO. The Morgan fingerprint density at radius 3 is 2.31 bits per heavy atom. The third-order valence-corrected chi connectivity index (χ3v) is 7.13. The Hall–Kier alpha value is -2.09. The second kappa shape index (κ2) is 9.61. The van der Waals surface area contributed by atoms with Gasteiger partial charge in [-0.05, 0) is 78.7 Å². The van der Waals surface area contributed by atoms with Crippen LogP contribution in [0.25, 0.3) is 0 Å². The minimum absolute atomic E-state index is 0.0179. The van der Waals surface area contributed by atoms with Gasteiger partial charge < -0.3 is 5.73 Å². The number of hydrogen-bond acceptors (Lipinski definition) is 1. The lowest BCUT2D eigenvalue weighted by atomic mass is 9.82. The van der Waals surface area contributed by atoms with Crippen LogP contribution in [-0.2, 0) is 30.5 Å². The number of aryl methyl sites for hydroxylation is 3. The van der Waals surface area contributed by atoms with Gasteiger partial charge in [-0.2, -0.15) is 0 Å². The normalized spacial score (nSPS) is 20.5. The summed E-state index contributed by atoms with van der Waals surface area (Å²) in [7, 11) is 0. The highest BCUT2D eigenvalue weighted by atomic mass is 16.1. The Labute approximate surface area is 175 Å². The van der Waals surface area contributed by atoms with Gasteiger partial charge in [0.05, 0.1) is 0 Å². The fourth-order valence-electron chi connectivity index (χ4n) is 5.29.